The van der Waals surface area contributed by atoms with Crippen molar-refractivity contribution in [1.29, 1.82) is 0 Å². The maximum atomic E-state index is 12.9. The maximum absolute atomic E-state index is 12.9. The van der Waals surface area contributed by atoms with Crippen LogP contribution < -0.4 is 4.90 Å². The van der Waals surface area contributed by atoms with Crippen molar-refractivity contribution in [2.75, 3.05) is 31.7 Å². The van der Waals surface area contributed by atoms with Crippen molar-refractivity contribution in [2.45, 2.75) is 32.8 Å². The second-order valence-electron chi connectivity index (χ2n) is 8.25. The quantitative estimate of drug-likeness (QED) is 0.334. The molecule has 1 N–H and O–H groups in total. The molecule has 188 valence electrons. The van der Waals surface area contributed by atoms with E-state index in [1.165, 1.54) is 17.7 Å². The highest BCUT2D eigenvalue weighted by Crippen LogP contribution is 2.36. The summed E-state index contributed by atoms with van der Waals surface area (Å²) in [5.41, 5.74) is 1.43. The smallest absolute Gasteiger partial charge is 0.350 e. The van der Waals surface area contributed by atoms with Crippen molar-refractivity contribution < 1.29 is 19.1 Å². The van der Waals surface area contributed by atoms with Crippen molar-refractivity contribution in [3.8, 4) is 11.5 Å². The highest BCUT2D eigenvalue weighted by molar-refractivity contribution is 7.17. The highest BCUT2D eigenvalue weighted by Gasteiger charge is 2.34. The summed E-state index contributed by atoms with van der Waals surface area (Å²) < 4.78 is 12.6. The second kappa shape index (κ2) is 10.7. The Bertz CT molecular complexity index is 1240. The number of rotatable bonds is 8. The number of ketones is 1. The Morgan fingerprint density at radius 2 is 2.11 bits per heavy atom. The molecule has 35 heavy (non-hydrogen) atoms. The minimum absolute atomic E-state index is 0.00935. The maximum Gasteiger partial charge on any atom is 0.350 e. The fraction of sp³-hybridized carbons (Fsp3) is 0.500. The Morgan fingerprint density at radius 3 is 2.71 bits per heavy atom. The van der Waals surface area contributed by atoms with Crippen LogP contribution in [-0.2, 0) is 16.5 Å². The normalized spacial score (nSPS) is 18.2. The third kappa shape index (κ3) is 5.09. The molecule has 2 atom stereocenters. The van der Waals surface area contributed by atoms with E-state index in [1.807, 2.05) is 0 Å². The van der Waals surface area contributed by atoms with Crippen molar-refractivity contribution >= 4 is 51.4 Å². The third-order valence-corrected chi connectivity index (χ3v) is 8.05. The minimum Gasteiger partial charge on any atom is -0.462 e. The molecule has 3 aromatic rings. The van der Waals surface area contributed by atoms with E-state index in [1.54, 1.807) is 32.7 Å². The highest BCUT2D eigenvalue weighted by atomic mass is 35.5. The van der Waals surface area contributed by atoms with Crippen LogP contribution in [0.25, 0.3) is 11.5 Å². The molecule has 0 bridgehead atoms. The Morgan fingerprint density at radius 1 is 1.34 bits per heavy atom. The average Bonchev–Trinajstić information content (AvgIpc) is 3.53. The van der Waals surface area contributed by atoms with Gasteiger partial charge in [-0.05, 0) is 26.2 Å². The summed E-state index contributed by atoms with van der Waals surface area (Å²) in [5.74, 6) is -0.0790. The van der Waals surface area contributed by atoms with E-state index in [4.69, 9.17) is 37.7 Å². The van der Waals surface area contributed by atoms with Gasteiger partial charge in [0.05, 0.1) is 17.7 Å². The zero-order valence-corrected chi connectivity index (χ0v) is 22.1. The predicted octanol–water partition coefficient (Wildman–Crippen LogP) is 4.17. The van der Waals surface area contributed by atoms with Crippen molar-refractivity contribution in [2.24, 2.45) is 13.0 Å². The number of aromatic amines is 1. The number of H-pyrrole nitrogens is 1. The van der Waals surface area contributed by atoms with Crippen LogP contribution in [0.3, 0.4) is 0 Å². The van der Waals surface area contributed by atoms with Gasteiger partial charge in [0, 0.05) is 39.2 Å². The van der Waals surface area contributed by atoms with Crippen LogP contribution >= 0.6 is 34.5 Å². The number of esters is 1. The summed E-state index contributed by atoms with van der Waals surface area (Å²) >= 11 is 13.6. The van der Waals surface area contributed by atoms with Gasteiger partial charge in [-0.3, -0.25) is 4.79 Å². The van der Waals surface area contributed by atoms with E-state index in [2.05, 4.69) is 20.0 Å². The number of ether oxygens (including phenoxy) is 2. The van der Waals surface area contributed by atoms with Crippen LogP contribution in [0.1, 0.15) is 45.5 Å². The first-order chi connectivity index (χ1) is 16.7. The van der Waals surface area contributed by atoms with E-state index in [9.17, 15) is 9.59 Å². The lowest BCUT2D eigenvalue weighted by molar-refractivity contribution is 0.0375. The molecule has 13 heteroatoms. The summed E-state index contributed by atoms with van der Waals surface area (Å²) in [7, 11) is 3.37. The lowest BCUT2D eigenvalue weighted by Crippen LogP contribution is -2.45. The first kappa shape index (κ1) is 25.6. The van der Waals surface area contributed by atoms with E-state index < -0.39 is 5.97 Å². The number of nitrogens with one attached hydrogen (secondary N) is 1. The zero-order valence-electron chi connectivity index (χ0n) is 19.8. The first-order valence-corrected chi connectivity index (χ1v) is 12.7. The van der Waals surface area contributed by atoms with Crippen molar-refractivity contribution in [1.82, 2.24) is 24.7 Å². The number of anilines is 1. The summed E-state index contributed by atoms with van der Waals surface area (Å²) in [5, 5.41) is 5.48. The standard InChI is InChI=1S/C22H26Cl2N6O4S/c1-5-34-21(32)18-17(20-25-10-26-29(20)3)28-22(35-18)30-7-6-12(14(9-30)33-4)8-13(31)16-15(23)11(2)19(24)27-16/h10,12,14,27H,5-9H2,1-4H3/t12-,14-/m0/s1. The van der Waals surface area contributed by atoms with Crippen LogP contribution in [0.4, 0.5) is 5.13 Å². The lowest BCUT2D eigenvalue weighted by Gasteiger charge is -2.37. The van der Waals surface area contributed by atoms with Gasteiger partial charge in [0.1, 0.15) is 27.7 Å². The number of carbonyl (C=O) groups is 2. The number of Topliss-reactive ketones (excluding diaryl/α,β-unsaturated/α-hetero) is 1. The molecule has 0 unspecified atom stereocenters. The molecule has 1 saturated heterocycles. The Labute approximate surface area is 216 Å². The summed E-state index contributed by atoms with van der Waals surface area (Å²) in [6.45, 7) is 4.94. The van der Waals surface area contributed by atoms with E-state index in [-0.39, 0.29) is 30.8 Å². The van der Waals surface area contributed by atoms with Gasteiger partial charge in [0.15, 0.2) is 16.7 Å². The summed E-state index contributed by atoms with van der Waals surface area (Å²) in [6.07, 6.45) is 2.17. The van der Waals surface area contributed by atoms with Crippen LogP contribution in [0, 0.1) is 12.8 Å². The molecule has 1 aliphatic rings. The number of aryl methyl sites for hydroxylation is 1. The molecular weight excluding hydrogens is 515 g/mol. The predicted molar refractivity (Wildman–Crippen MR) is 134 cm³/mol. The Hall–Kier alpha value is -2.47. The molecule has 4 rings (SSSR count). The Kier molecular flexibility index (Phi) is 7.80. The van der Waals surface area contributed by atoms with E-state index >= 15 is 0 Å². The van der Waals surface area contributed by atoms with Gasteiger partial charge in [-0.25, -0.2) is 19.4 Å². The third-order valence-electron chi connectivity index (χ3n) is 6.11. The molecular formula is C22H26Cl2N6O4S. The van der Waals surface area contributed by atoms with Crippen LogP contribution in [0.5, 0.6) is 0 Å². The molecule has 3 aromatic heterocycles. The van der Waals surface area contributed by atoms with Gasteiger partial charge < -0.3 is 19.4 Å². The number of aromatic nitrogens is 5. The lowest BCUT2D eigenvalue weighted by atomic mass is 9.88. The van der Waals surface area contributed by atoms with Gasteiger partial charge in [0.25, 0.3) is 0 Å². The molecule has 0 radical (unpaired) electrons. The van der Waals surface area contributed by atoms with Crippen LogP contribution in [-0.4, -0.2) is 69.4 Å². The molecule has 4 heterocycles. The Balaban J connectivity index is 1.54. The minimum atomic E-state index is -0.449. The van der Waals surface area contributed by atoms with Gasteiger partial charge in [-0.2, -0.15) is 5.10 Å². The van der Waals surface area contributed by atoms with E-state index in [0.717, 1.165) is 0 Å². The number of hydrogen-bond acceptors (Lipinski definition) is 9. The number of piperidine rings is 1. The number of halogens is 2. The fourth-order valence-electron chi connectivity index (χ4n) is 4.16. The zero-order chi connectivity index (χ0) is 25.3. The van der Waals surface area contributed by atoms with Gasteiger partial charge in [-0.1, -0.05) is 34.5 Å². The van der Waals surface area contributed by atoms with Crippen LogP contribution in [0.2, 0.25) is 10.2 Å². The molecule has 1 aliphatic heterocycles. The SMILES string of the molecule is CCOC(=O)c1sc(N2CC[C@@H](CC(=O)c3[nH]c(Cl)c(C)c3Cl)[C@@H](OC)C2)nc1-c1ncnn1C. The first-order valence-electron chi connectivity index (χ1n) is 11.1. The van der Waals surface area contributed by atoms with Gasteiger partial charge in [0.2, 0.25) is 0 Å². The second-order valence-corrected chi connectivity index (χ2v) is 9.98. The molecule has 10 nitrogen and oxygen atoms in total. The van der Waals surface area contributed by atoms with Crippen LogP contribution in [0.15, 0.2) is 6.33 Å². The number of methoxy groups -OCH3 is 1. The molecule has 0 spiro atoms. The number of thiazole rings is 1. The molecule has 0 aromatic carbocycles. The number of nitrogens with zero attached hydrogens (tertiary/aromatic N) is 5. The summed E-state index contributed by atoms with van der Waals surface area (Å²) in [6, 6.07) is 0. The van der Waals surface area contributed by atoms with E-state index in [0.29, 0.717) is 62.5 Å². The molecule has 0 amide bonds. The fourth-order valence-corrected chi connectivity index (χ4v) is 5.63. The van der Waals surface area contributed by atoms with Gasteiger partial charge >= 0.3 is 5.97 Å². The van der Waals surface area contributed by atoms with Crippen molar-refractivity contribution in [3.63, 3.8) is 0 Å². The van der Waals surface area contributed by atoms with Crippen molar-refractivity contribution in [3.05, 3.63) is 32.6 Å². The average molecular weight is 541 g/mol. The van der Waals surface area contributed by atoms with Gasteiger partial charge in [-0.15, -0.1) is 0 Å². The monoisotopic (exact) mass is 540 g/mol. The molecule has 0 saturated carbocycles. The summed E-state index contributed by atoms with van der Waals surface area (Å²) in [4.78, 5) is 39.9. The molecule has 0 aliphatic carbocycles. The number of carbonyl (C=O) groups excluding carboxylic acids is 2. The molecule has 1 fully saturated rings. The largest absolute Gasteiger partial charge is 0.462 e. The topological polar surface area (TPSA) is 115 Å². The number of hydrogen-bond donors (Lipinski definition) is 1.